The summed E-state index contributed by atoms with van der Waals surface area (Å²) in [6.07, 6.45) is 3.79. The highest BCUT2D eigenvalue weighted by Crippen LogP contribution is 2.30. The van der Waals surface area contributed by atoms with Gasteiger partial charge in [-0.2, -0.15) is 0 Å². The fourth-order valence-corrected chi connectivity index (χ4v) is 3.01. The predicted octanol–water partition coefficient (Wildman–Crippen LogP) is 2.19. The van der Waals surface area contributed by atoms with Crippen LogP contribution in [0.5, 0.6) is 0 Å². The number of carbonyl (C=O) groups excluding carboxylic acids is 3. The van der Waals surface area contributed by atoms with E-state index < -0.39 is 11.8 Å². The Morgan fingerprint density at radius 1 is 0.864 bits per heavy atom. The average molecular weight is 310 g/mol. The molecule has 0 aromatic carbocycles. The molecule has 0 saturated heterocycles. The molecule has 5 nitrogen and oxygen atoms in total. The maximum absolute atomic E-state index is 12.4. The van der Waals surface area contributed by atoms with Crippen molar-refractivity contribution < 1.29 is 14.4 Å². The number of carbonyl (C=O) groups is 3. The summed E-state index contributed by atoms with van der Waals surface area (Å²) in [5.74, 6) is -1.31. The lowest BCUT2D eigenvalue weighted by molar-refractivity contribution is -0.134. The van der Waals surface area contributed by atoms with Gasteiger partial charge in [0.25, 0.3) is 0 Å². The average Bonchev–Trinajstić information content (AvgIpc) is 2.91. The van der Waals surface area contributed by atoms with Crippen LogP contribution in [-0.4, -0.2) is 29.7 Å². The molecule has 0 spiro atoms. The molecule has 2 amide bonds. The highest BCUT2D eigenvalue weighted by molar-refractivity contribution is 5.98. The normalized spacial score (nSPS) is 21.5. The van der Waals surface area contributed by atoms with E-state index in [1.165, 1.54) is 0 Å². The van der Waals surface area contributed by atoms with E-state index >= 15 is 0 Å². The fraction of sp³-hybridized carbons (Fsp3) is 0.824. The van der Waals surface area contributed by atoms with Crippen LogP contribution in [0.15, 0.2) is 0 Å². The van der Waals surface area contributed by atoms with E-state index in [9.17, 15) is 14.4 Å². The van der Waals surface area contributed by atoms with Crippen LogP contribution in [0.2, 0.25) is 0 Å². The van der Waals surface area contributed by atoms with Crippen molar-refractivity contribution in [2.24, 2.45) is 11.8 Å². The smallest absolute Gasteiger partial charge is 0.224 e. The molecule has 5 heteroatoms. The number of hydrogen-bond acceptors (Lipinski definition) is 3. The van der Waals surface area contributed by atoms with Gasteiger partial charge in [-0.1, -0.05) is 27.7 Å². The van der Waals surface area contributed by atoms with Gasteiger partial charge < -0.3 is 10.6 Å². The van der Waals surface area contributed by atoms with Crippen molar-refractivity contribution >= 4 is 17.6 Å². The number of hydrogen-bond donors (Lipinski definition) is 2. The van der Waals surface area contributed by atoms with E-state index in [1.54, 1.807) is 0 Å². The lowest BCUT2D eigenvalue weighted by Crippen LogP contribution is -2.45. The summed E-state index contributed by atoms with van der Waals surface area (Å²) in [7, 11) is 0. The third-order valence-electron chi connectivity index (χ3n) is 4.72. The van der Waals surface area contributed by atoms with Crippen LogP contribution in [0, 0.1) is 11.8 Å². The summed E-state index contributed by atoms with van der Waals surface area (Å²) in [6, 6.07) is 0.233. The topological polar surface area (TPSA) is 75.3 Å². The van der Waals surface area contributed by atoms with Gasteiger partial charge in [-0.15, -0.1) is 0 Å². The van der Waals surface area contributed by atoms with Crippen LogP contribution < -0.4 is 10.6 Å². The lowest BCUT2D eigenvalue weighted by atomic mass is 9.93. The third-order valence-corrected chi connectivity index (χ3v) is 4.72. The van der Waals surface area contributed by atoms with Gasteiger partial charge in [0, 0.05) is 24.9 Å². The summed E-state index contributed by atoms with van der Waals surface area (Å²) in [6.45, 7) is 8.08. The molecule has 1 fully saturated rings. The van der Waals surface area contributed by atoms with Crippen LogP contribution in [0.25, 0.3) is 0 Å². The van der Waals surface area contributed by atoms with Gasteiger partial charge >= 0.3 is 0 Å². The van der Waals surface area contributed by atoms with Gasteiger partial charge in [-0.25, -0.2) is 0 Å². The molecule has 2 atom stereocenters. The molecule has 2 N–H and O–H groups in total. The van der Waals surface area contributed by atoms with E-state index in [2.05, 4.69) is 10.6 Å². The van der Waals surface area contributed by atoms with Gasteiger partial charge in [0.05, 0.1) is 11.8 Å². The standard InChI is InChI=1S/C17H30N2O3/c1-5-11(6-2)18-16(21)14-9-13(20)10-15(14)17(22)19-12(7-3)8-4/h11-12,14-15H,5-10H2,1-4H3,(H,18,21)(H,19,22)/t14-,15-/m0/s1. The van der Waals surface area contributed by atoms with Crippen molar-refractivity contribution in [1.82, 2.24) is 10.6 Å². The Labute approximate surface area is 133 Å². The molecule has 0 aliphatic heterocycles. The second kappa shape index (κ2) is 8.91. The van der Waals surface area contributed by atoms with Gasteiger partial charge in [0.2, 0.25) is 11.8 Å². The molecule has 126 valence electrons. The van der Waals surface area contributed by atoms with Crippen LogP contribution in [0.3, 0.4) is 0 Å². The predicted molar refractivity (Wildman–Crippen MR) is 86.2 cm³/mol. The van der Waals surface area contributed by atoms with Gasteiger partial charge in [-0.3, -0.25) is 14.4 Å². The minimum absolute atomic E-state index is 0.00870. The van der Waals surface area contributed by atoms with Gasteiger partial charge in [0.15, 0.2) is 0 Å². The lowest BCUT2D eigenvalue weighted by Gasteiger charge is -2.23. The summed E-state index contributed by atoms with van der Waals surface area (Å²) in [5.41, 5.74) is 0. The van der Waals surface area contributed by atoms with E-state index in [1.807, 2.05) is 27.7 Å². The van der Waals surface area contributed by atoms with Gasteiger partial charge in [-0.05, 0) is 25.7 Å². The molecule has 1 aliphatic rings. The molecule has 1 saturated carbocycles. The molecule has 0 aromatic rings. The molecule has 0 heterocycles. The molecule has 0 bridgehead atoms. The maximum atomic E-state index is 12.4. The first kappa shape index (κ1) is 18.7. The Morgan fingerprint density at radius 3 is 1.45 bits per heavy atom. The summed E-state index contributed by atoms with van der Waals surface area (Å²) < 4.78 is 0. The number of nitrogens with one attached hydrogen (secondary N) is 2. The van der Waals surface area contributed by atoms with E-state index in [0.29, 0.717) is 0 Å². The first-order valence-electron chi connectivity index (χ1n) is 8.59. The highest BCUT2D eigenvalue weighted by Gasteiger charge is 2.42. The zero-order chi connectivity index (χ0) is 16.7. The zero-order valence-corrected chi connectivity index (χ0v) is 14.3. The Bertz CT molecular complexity index is 365. The molecular formula is C17H30N2O3. The summed E-state index contributed by atoms with van der Waals surface area (Å²) in [5, 5.41) is 5.95. The van der Waals surface area contributed by atoms with E-state index in [4.69, 9.17) is 0 Å². The van der Waals surface area contributed by atoms with Crippen LogP contribution in [0.4, 0.5) is 0 Å². The van der Waals surface area contributed by atoms with Crippen molar-refractivity contribution in [3.63, 3.8) is 0 Å². The Kier molecular flexibility index (Phi) is 7.56. The van der Waals surface area contributed by atoms with Crippen molar-refractivity contribution in [1.29, 1.82) is 0 Å². The van der Waals surface area contributed by atoms with E-state index in [-0.39, 0.29) is 42.5 Å². The van der Waals surface area contributed by atoms with Crippen molar-refractivity contribution in [3.05, 3.63) is 0 Å². The molecule has 0 radical (unpaired) electrons. The minimum Gasteiger partial charge on any atom is -0.353 e. The third kappa shape index (κ3) is 4.82. The Hall–Kier alpha value is -1.39. The maximum Gasteiger partial charge on any atom is 0.224 e. The monoisotopic (exact) mass is 310 g/mol. The highest BCUT2D eigenvalue weighted by atomic mass is 16.2. The first-order chi connectivity index (χ1) is 10.5. The second-order valence-corrected chi connectivity index (χ2v) is 6.20. The number of amides is 2. The fourth-order valence-electron chi connectivity index (χ4n) is 3.01. The van der Waals surface area contributed by atoms with Gasteiger partial charge in [0.1, 0.15) is 5.78 Å². The van der Waals surface area contributed by atoms with Crippen molar-refractivity contribution in [2.45, 2.75) is 78.3 Å². The Balaban J connectivity index is 2.73. The summed E-state index contributed by atoms with van der Waals surface area (Å²) in [4.78, 5) is 36.6. The number of rotatable bonds is 8. The zero-order valence-electron chi connectivity index (χ0n) is 14.3. The van der Waals surface area contributed by atoms with Crippen LogP contribution in [-0.2, 0) is 14.4 Å². The van der Waals surface area contributed by atoms with Crippen molar-refractivity contribution in [2.75, 3.05) is 0 Å². The molecular weight excluding hydrogens is 280 g/mol. The largest absolute Gasteiger partial charge is 0.353 e. The second-order valence-electron chi connectivity index (χ2n) is 6.20. The van der Waals surface area contributed by atoms with Crippen LogP contribution >= 0.6 is 0 Å². The molecule has 0 aromatic heterocycles. The first-order valence-corrected chi connectivity index (χ1v) is 8.59. The van der Waals surface area contributed by atoms with Crippen LogP contribution in [0.1, 0.15) is 66.2 Å². The number of ketones is 1. The van der Waals surface area contributed by atoms with E-state index in [0.717, 1.165) is 25.7 Å². The summed E-state index contributed by atoms with van der Waals surface area (Å²) >= 11 is 0. The Morgan fingerprint density at radius 2 is 1.18 bits per heavy atom. The molecule has 22 heavy (non-hydrogen) atoms. The molecule has 1 aliphatic carbocycles. The SMILES string of the molecule is CCC(CC)NC(=O)[C@H]1CC(=O)C[C@@H]1C(=O)NC(CC)CC. The minimum atomic E-state index is -0.512. The molecule has 0 unspecified atom stereocenters. The quantitative estimate of drug-likeness (QED) is 0.721. The molecule has 1 rings (SSSR count). The van der Waals surface area contributed by atoms with Crippen molar-refractivity contribution in [3.8, 4) is 0 Å². The number of Topliss-reactive ketones (excluding diaryl/α,β-unsaturated/α-hetero) is 1.